The molecule has 30 heavy (non-hydrogen) atoms. The molecule has 10 nitrogen and oxygen atoms in total. The Labute approximate surface area is 176 Å². The molecule has 1 aliphatic rings. The van der Waals surface area contributed by atoms with Crippen molar-refractivity contribution in [2.45, 2.75) is 32.7 Å². The topological polar surface area (TPSA) is 102 Å². The van der Waals surface area contributed by atoms with Gasteiger partial charge in [0, 0.05) is 51.2 Å². The Hall–Kier alpha value is -2.79. The normalized spacial score (nSPS) is 15.7. The number of nitrogens with zero attached hydrogens (tertiary/aromatic N) is 8. The van der Waals surface area contributed by atoms with Gasteiger partial charge in [0.25, 0.3) is 10.0 Å². The molecular formula is C19H26N8O2S. The lowest BCUT2D eigenvalue weighted by atomic mass is 10.3. The zero-order valence-corrected chi connectivity index (χ0v) is 18.7. The lowest BCUT2D eigenvalue weighted by Crippen LogP contribution is -2.49. The van der Waals surface area contributed by atoms with Crippen molar-refractivity contribution in [3.8, 4) is 5.82 Å². The van der Waals surface area contributed by atoms with Gasteiger partial charge in [0.15, 0.2) is 10.8 Å². The molecule has 160 valence electrons. The number of aryl methyl sites for hydroxylation is 5. The van der Waals surface area contributed by atoms with E-state index in [4.69, 9.17) is 0 Å². The highest BCUT2D eigenvalue weighted by Crippen LogP contribution is 2.21. The van der Waals surface area contributed by atoms with Crippen LogP contribution >= 0.6 is 0 Å². The standard InChI is InChI=1S/C19H26N8O2S/c1-13-10-14(2)27(23-13)18-11-17(20-15(3)21-18)25-6-8-26(9-7-25)30(28,29)19-12-24(5)16(4)22-19/h10-12H,6-9H2,1-5H3. The molecular weight excluding hydrogens is 404 g/mol. The molecule has 0 radical (unpaired) electrons. The summed E-state index contributed by atoms with van der Waals surface area (Å²) in [6.07, 6.45) is 1.56. The van der Waals surface area contributed by atoms with Crippen LogP contribution in [-0.4, -0.2) is 68.2 Å². The third-order valence-corrected chi connectivity index (χ3v) is 7.06. The van der Waals surface area contributed by atoms with Gasteiger partial charge in [0.1, 0.15) is 17.5 Å². The number of hydrogen-bond donors (Lipinski definition) is 0. The molecule has 4 rings (SSSR count). The smallest absolute Gasteiger partial charge is 0.262 e. The van der Waals surface area contributed by atoms with E-state index < -0.39 is 10.0 Å². The van der Waals surface area contributed by atoms with Crippen molar-refractivity contribution in [2.75, 3.05) is 31.1 Å². The summed E-state index contributed by atoms with van der Waals surface area (Å²) in [6.45, 7) is 9.39. The van der Waals surface area contributed by atoms with E-state index in [9.17, 15) is 8.42 Å². The van der Waals surface area contributed by atoms with Crippen molar-refractivity contribution in [3.05, 3.63) is 41.4 Å². The second-order valence-corrected chi connectivity index (χ2v) is 9.48. The van der Waals surface area contributed by atoms with Crippen LogP contribution in [0.4, 0.5) is 5.82 Å². The molecule has 0 aromatic carbocycles. The second kappa shape index (κ2) is 7.47. The average Bonchev–Trinajstić information content (AvgIpc) is 3.22. The Balaban J connectivity index is 1.54. The predicted octanol–water partition coefficient (Wildman–Crippen LogP) is 1.14. The minimum atomic E-state index is -3.60. The number of piperazine rings is 1. The van der Waals surface area contributed by atoms with Gasteiger partial charge in [-0.15, -0.1) is 0 Å². The van der Waals surface area contributed by atoms with Crippen molar-refractivity contribution in [2.24, 2.45) is 7.05 Å². The highest BCUT2D eigenvalue weighted by atomic mass is 32.2. The molecule has 11 heteroatoms. The van der Waals surface area contributed by atoms with Gasteiger partial charge in [0.2, 0.25) is 0 Å². The van der Waals surface area contributed by atoms with E-state index in [2.05, 4.69) is 25.0 Å². The Morgan fingerprint density at radius 3 is 2.13 bits per heavy atom. The molecule has 0 N–H and O–H groups in total. The number of sulfonamides is 1. The molecule has 1 aliphatic heterocycles. The summed E-state index contributed by atoms with van der Waals surface area (Å²) in [6, 6.07) is 3.90. The van der Waals surface area contributed by atoms with Crippen LogP contribution in [0.5, 0.6) is 0 Å². The Bertz CT molecular complexity index is 1170. The van der Waals surface area contributed by atoms with Gasteiger partial charge in [-0.25, -0.2) is 28.1 Å². The third kappa shape index (κ3) is 3.70. The molecule has 1 fully saturated rings. The van der Waals surface area contributed by atoms with E-state index in [1.807, 2.05) is 32.9 Å². The fourth-order valence-corrected chi connectivity index (χ4v) is 5.06. The summed E-state index contributed by atoms with van der Waals surface area (Å²) in [4.78, 5) is 15.4. The summed E-state index contributed by atoms with van der Waals surface area (Å²) >= 11 is 0. The summed E-state index contributed by atoms with van der Waals surface area (Å²) in [5, 5.41) is 4.60. The minimum Gasteiger partial charge on any atom is -0.354 e. The van der Waals surface area contributed by atoms with Gasteiger partial charge in [-0.2, -0.15) is 9.40 Å². The first-order valence-electron chi connectivity index (χ1n) is 9.79. The maximum atomic E-state index is 12.9. The molecule has 0 saturated carbocycles. The fraction of sp³-hybridized carbons (Fsp3) is 0.474. The SMILES string of the molecule is Cc1cc(C)n(-c2cc(N3CCN(S(=O)(=O)c4cn(C)c(C)n4)CC3)nc(C)n2)n1. The highest BCUT2D eigenvalue weighted by Gasteiger charge is 2.31. The number of imidazole rings is 1. The molecule has 0 bridgehead atoms. The Morgan fingerprint density at radius 1 is 0.900 bits per heavy atom. The van der Waals surface area contributed by atoms with Crippen LogP contribution in [0.15, 0.2) is 23.4 Å². The van der Waals surface area contributed by atoms with Crippen LogP contribution in [0.1, 0.15) is 23.0 Å². The molecule has 0 spiro atoms. The van der Waals surface area contributed by atoms with Gasteiger partial charge in [0.05, 0.1) is 5.69 Å². The van der Waals surface area contributed by atoms with Gasteiger partial charge >= 0.3 is 0 Å². The maximum Gasteiger partial charge on any atom is 0.262 e. The maximum absolute atomic E-state index is 12.9. The highest BCUT2D eigenvalue weighted by molar-refractivity contribution is 7.89. The quantitative estimate of drug-likeness (QED) is 0.612. The lowest BCUT2D eigenvalue weighted by Gasteiger charge is -2.34. The zero-order chi connectivity index (χ0) is 21.6. The second-order valence-electron chi connectivity index (χ2n) is 7.60. The zero-order valence-electron chi connectivity index (χ0n) is 17.9. The van der Waals surface area contributed by atoms with Gasteiger partial charge in [-0.05, 0) is 33.8 Å². The number of hydrogen-bond acceptors (Lipinski definition) is 7. The molecule has 3 aromatic heterocycles. The van der Waals surface area contributed by atoms with Gasteiger partial charge in [-0.3, -0.25) is 0 Å². The third-order valence-electron chi connectivity index (χ3n) is 5.29. The van der Waals surface area contributed by atoms with E-state index in [1.165, 1.54) is 4.31 Å². The Kier molecular flexibility index (Phi) is 5.10. The largest absolute Gasteiger partial charge is 0.354 e. The molecule has 3 aromatic rings. The van der Waals surface area contributed by atoms with Crippen LogP contribution < -0.4 is 4.90 Å². The average molecular weight is 431 g/mol. The summed E-state index contributed by atoms with van der Waals surface area (Å²) in [7, 11) is -1.81. The summed E-state index contributed by atoms with van der Waals surface area (Å²) in [5.74, 6) is 2.80. The summed E-state index contributed by atoms with van der Waals surface area (Å²) < 4.78 is 30.9. The number of aromatic nitrogens is 6. The van der Waals surface area contributed by atoms with Crippen molar-refractivity contribution in [3.63, 3.8) is 0 Å². The molecule has 1 saturated heterocycles. The fourth-order valence-electron chi connectivity index (χ4n) is 3.61. The molecule has 0 amide bonds. The number of rotatable bonds is 4. The molecule has 0 aliphatic carbocycles. The van der Waals surface area contributed by atoms with E-state index in [1.54, 1.807) is 29.4 Å². The van der Waals surface area contributed by atoms with Crippen molar-refractivity contribution in [1.29, 1.82) is 0 Å². The summed E-state index contributed by atoms with van der Waals surface area (Å²) in [5.41, 5.74) is 1.92. The van der Waals surface area contributed by atoms with Gasteiger partial charge in [-0.1, -0.05) is 0 Å². The Morgan fingerprint density at radius 2 is 1.57 bits per heavy atom. The van der Waals surface area contributed by atoms with Crippen LogP contribution in [0, 0.1) is 27.7 Å². The van der Waals surface area contributed by atoms with E-state index in [0.29, 0.717) is 43.6 Å². The van der Waals surface area contributed by atoms with Crippen LogP contribution in [0.25, 0.3) is 5.82 Å². The molecule has 0 atom stereocenters. The van der Waals surface area contributed by atoms with Crippen molar-refractivity contribution < 1.29 is 8.42 Å². The van der Waals surface area contributed by atoms with Crippen molar-refractivity contribution in [1.82, 2.24) is 33.6 Å². The minimum absolute atomic E-state index is 0.0978. The van der Waals surface area contributed by atoms with Crippen LogP contribution in [0.2, 0.25) is 0 Å². The van der Waals surface area contributed by atoms with E-state index in [-0.39, 0.29) is 5.03 Å². The van der Waals surface area contributed by atoms with E-state index in [0.717, 1.165) is 17.2 Å². The van der Waals surface area contributed by atoms with E-state index >= 15 is 0 Å². The molecule has 0 unspecified atom stereocenters. The van der Waals surface area contributed by atoms with Crippen molar-refractivity contribution >= 4 is 15.8 Å². The number of anilines is 1. The first-order chi connectivity index (χ1) is 14.1. The first-order valence-corrected chi connectivity index (χ1v) is 11.2. The van der Waals surface area contributed by atoms with Gasteiger partial charge < -0.3 is 9.47 Å². The lowest BCUT2D eigenvalue weighted by molar-refractivity contribution is 0.382. The molecule has 4 heterocycles. The monoisotopic (exact) mass is 430 g/mol. The predicted molar refractivity (Wildman–Crippen MR) is 112 cm³/mol. The van der Waals surface area contributed by atoms with Crippen LogP contribution in [0.3, 0.4) is 0 Å². The first kappa shape index (κ1) is 20.5. The van der Waals surface area contributed by atoms with Crippen LogP contribution in [-0.2, 0) is 17.1 Å².